The number of methoxy groups -OCH3 is 1. The maximum atomic E-state index is 12.3. The number of rotatable bonds is 9. The smallest absolute Gasteiger partial charge is 0.195 e. The van der Waals surface area contributed by atoms with E-state index in [1.54, 1.807) is 7.11 Å². The third-order valence-electron chi connectivity index (χ3n) is 3.62. The van der Waals surface area contributed by atoms with Crippen LogP contribution in [0.3, 0.4) is 0 Å². The minimum absolute atomic E-state index is 0.450. The van der Waals surface area contributed by atoms with E-state index in [9.17, 15) is 4.21 Å². The van der Waals surface area contributed by atoms with Gasteiger partial charge in [0.25, 0.3) is 0 Å². The van der Waals surface area contributed by atoms with Crippen molar-refractivity contribution < 1.29 is 13.7 Å². The highest BCUT2D eigenvalue weighted by Crippen LogP contribution is 2.30. The Bertz CT molecular complexity index is 766. The second-order valence-corrected chi connectivity index (χ2v) is 7.12. The quantitative estimate of drug-likeness (QED) is 0.509. The van der Waals surface area contributed by atoms with Gasteiger partial charge in [0, 0.05) is 28.9 Å². The normalized spacial score (nSPS) is 12.3. The first-order chi connectivity index (χ1) is 13.2. The van der Waals surface area contributed by atoms with E-state index in [0.717, 1.165) is 17.1 Å². The van der Waals surface area contributed by atoms with Crippen LogP contribution in [-0.4, -0.2) is 42.7 Å². The van der Waals surface area contributed by atoms with Crippen LogP contribution in [0.5, 0.6) is 11.5 Å². The lowest BCUT2D eigenvalue weighted by atomic mass is 10.2. The minimum atomic E-state index is -1.06. The second-order valence-electron chi connectivity index (χ2n) is 5.55. The molecule has 2 N–H and O–H groups in total. The Kier molecular flexibility index (Phi) is 8.64. The maximum absolute atomic E-state index is 12.3. The van der Waals surface area contributed by atoms with Crippen molar-refractivity contribution >= 4 is 22.4 Å². The van der Waals surface area contributed by atoms with Crippen LogP contribution in [-0.2, 0) is 10.8 Å². The second kappa shape index (κ2) is 11.2. The van der Waals surface area contributed by atoms with Gasteiger partial charge in [-0.3, -0.25) is 9.20 Å². The summed E-state index contributed by atoms with van der Waals surface area (Å²) in [6, 6.07) is 15.1. The van der Waals surface area contributed by atoms with E-state index >= 15 is 0 Å². The molecule has 0 aromatic heterocycles. The first-order valence-corrected chi connectivity index (χ1v) is 10.3. The van der Waals surface area contributed by atoms with Crippen LogP contribution < -0.4 is 20.1 Å². The van der Waals surface area contributed by atoms with Crippen molar-refractivity contribution in [1.82, 2.24) is 5.32 Å². The molecule has 146 valence electrons. The predicted octanol–water partition coefficient (Wildman–Crippen LogP) is 3.28. The van der Waals surface area contributed by atoms with Gasteiger partial charge in [0.1, 0.15) is 0 Å². The van der Waals surface area contributed by atoms with Gasteiger partial charge < -0.3 is 20.1 Å². The Balaban J connectivity index is 2.03. The van der Waals surface area contributed by atoms with E-state index in [-0.39, 0.29) is 0 Å². The summed E-state index contributed by atoms with van der Waals surface area (Å²) in [4.78, 5) is 5.34. The Morgan fingerprint density at radius 2 is 1.89 bits per heavy atom. The number of aliphatic imine (C=N–C) groups is 1. The molecule has 0 bridgehead atoms. The van der Waals surface area contributed by atoms with Gasteiger partial charge in [-0.25, -0.2) is 0 Å². The van der Waals surface area contributed by atoms with Gasteiger partial charge in [-0.2, -0.15) is 0 Å². The van der Waals surface area contributed by atoms with Gasteiger partial charge in [-0.15, -0.1) is 0 Å². The minimum Gasteiger partial charge on any atom is -0.493 e. The highest BCUT2D eigenvalue weighted by atomic mass is 32.2. The molecule has 2 rings (SSSR count). The molecule has 2 aromatic rings. The number of nitrogens with zero attached hydrogens (tertiary/aromatic N) is 1. The summed E-state index contributed by atoms with van der Waals surface area (Å²) in [5.41, 5.74) is 0.836. The summed E-state index contributed by atoms with van der Waals surface area (Å²) in [5.74, 6) is 2.46. The van der Waals surface area contributed by atoms with Gasteiger partial charge in [-0.05, 0) is 38.1 Å². The average molecular weight is 390 g/mol. The molecule has 0 radical (unpaired) electrons. The summed E-state index contributed by atoms with van der Waals surface area (Å²) < 4.78 is 23.2. The van der Waals surface area contributed by atoms with Crippen LogP contribution in [0.25, 0.3) is 0 Å². The first kappa shape index (κ1) is 20.8. The lowest BCUT2D eigenvalue weighted by Crippen LogP contribution is -2.31. The van der Waals surface area contributed by atoms with Crippen LogP contribution in [0, 0.1) is 0 Å². The molecule has 0 aliphatic rings. The summed E-state index contributed by atoms with van der Waals surface area (Å²) in [7, 11) is 0.554. The van der Waals surface area contributed by atoms with Crippen molar-refractivity contribution in [3.8, 4) is 11.5 Å². The number of guanidine groups is 1. The van der Waals surface area contributed by atoms with Crippen LogP contribution >= 0.6 is 0 Å². The molecule has 1 atom stereocenters. The molecule has 0 aliphatic carbocycles. The van der Waals surface area contributed by atoms with Gasteiger partial charge in [-0.1, -0.05) is 18.2 Å². The summed E-state index contributed by atoms with van der Waals surface area (Å²) in [6.45, 7) is 5.66. The van der Waals surface area contributed by atoms with Crippen molar-refractivity contribution in [2.24, 2.45) is 4.99 Å². The summed E-state index contributed by atoms with van der Waals surface area (Å²) in [5, 5.41) is 6.44. The zero-order chi connectivity index (χ0) is 19.5. The average Bonchev–Trinajstić information content (AvgIpc) is 2.69. The first-order valence-electron chi connectivity index (χ1n) is 8.97. The number of nitrogens with one attached hydrogen (secondary N) is 2. The number of ether oxygens (including phenoxy) is 2. The van der Waals surface area contributed by atoms with Gasteiger partial charge in [0.2, 0.25) is 0 Å². The Morgan fingerprint density at radius 1 is 1.11 bits per heavy atom. The van der Waals surface area contributed by atoms with Crippen LogP contribution in [0.15, 0.2) is 58.4 Å². The number of hydrogen-bond donors (Lipinski definition) is 2. The van der Waals surface area contributed by atoms with Gasteiger partial charge >= 0.3 is 0 Å². The Hall–Kier alpha value is -2.54. The fraction of sp³-hybridized carbons (Fsp3) is 0.350. The zero-order valence-corrected chi connectivity index (χ0v) is 16.8. The summed E-state index contributed by atoms with van der Waals surface area (Å²) >= 11 is 0. The fourth-order valence-corrected chi connectivity index (χ4v) is 3.35. The molecule has 7 heteroatoms. The van der Waals surface area contributed by atoms with Crippen molar-refractivity contribution in [3.63, 3.8) is 0 Å². The standard InChI is InChI=1S/C20H27N3O3S/c1-4-21-20(22-13-14-27(24)17-9-7-6-8-10-17)23-16-11-12-18(25-3)19(15-16)26-5-2/h6-12,15H,4-5,13-14H2,1-3H3,(H2,21,22,23). The predicted molar refractivity (Wildman–Crippen MR) is 111 cm³/mol. The van der Waals surface area contributed by atoms with E-state index in [0.29, 0.717) is 36.4 Å². The highest BCUT2D eigenvalue weighted by Gasteiger charge is 2.07. The SMILES string of the molecule is CCNC(=NCCS(=O)c1ccccc1)Nc1ccc(OC)c(OCC)c1. The monoisotopic (exact) mass is 389 g/mol. The van der Waals surface area contributed by atoms with E-state index in [1.165, 1.54) is 0 Å². The van der Waals surface area contributed by atoms with Crippen LogP contribution in [0.1, 0.15) is 13.8 Å². The molecule has 1 unspecified atom stereocenters. The highest BCUT2D eigenvalue weighted by molar-refractivity contribution is 7.85. The van der Waals surface area contributed by atoms with E-state index in [2.05, 4.69) is 15.6 Å². The number of benzene rings is 2. The lowest BCUT2D eigenvalue weighted by Gasteiger charge is -2.14. The number of hydrogen-bond acceptors (Lipinski definition) is 4. The molecular formula is C20H27N3O3S. The zero-order valence-electron chi connectivity index (χ0n) is 16.0. The maximum Gasteiger partial charge on any atom is 0.195 e. The molecule has 0 fully saturated rings. The van der Waals surface area contributed by atoms with Crippen molar-refractivity contribution in [1.29, 1.82) is 0 Å². The lowest BCUT2D eigenvalue weighted by molar-refractivity contribution is 0.311. The van der Waals surface area contributed by atoms with Crippen molar-refractivity contribution in [2.75, 3.05) is 37.9 Å². The van der Waals surface area contributed by atoms with E-state index < -0.39 is 10.8 Å². The topological polar surface area (TPSA) is 72.0 Å². The molecule has 0 spiro atoms. The molecular weight excluding hydrogens is 362 g/mol. The third kappa shape index (κ3) is 6.60. The Morgan fingerprint density at radius 3 is 2.56 bits per heavy atom. The molecule has 0 amide bonds. The molecule has 0 saturated carbocycles. The Labute approximate surface area is 163 Å². The molecule has 27 heavy (non-hydrogen) atoms. The van der Waals surface area contributed by atoms with Gasteiger partial charge in [0.15, 0.2) is 17.5 Å². The fourth-order valence-electron chi connectivity index (χ4n) is 2.40. The molecule has 6 nitrogen and oxygen atoms in total. The van der Waals surface area contributed by atoms with Gasteiger partial charge in [0.05, 0.1) is 31.1 Å². The molecule has 2 aromatic carbocycles. The number of anilines is 1. The van der Waals surface area contributed by atoms with Crippen LogP contribution in [0.2, 0.25) is 0 Å². The molecule has 0 saturated heterocycles. The molecule has 0 heterocycles. The summed E-state index contributed by atoms with van der Waals surface area (Å²) in [6.07, 6.45) is 0. The van der Waals surface area contributed by atoms with Crippen molar-refractivity contribution in [2.45, 2.75) is 18.7 Å². The van der Waals surface area contributed by atoms with E-state index in [1.807, 2.05) is 62.4 Å². The third-order valence-corrected chi connectivity index (χ3v) is 4.97. The van der Waals surface area contributed by atoms with Crippen molar-refractivity contribution in [3.05, 3.63) is 48.5 Å². The van der Waals surface area contributed by atoms with E-state index in [4.69, 9.17) is 9.47 Å². The van der Waals surface area contributed by atoms with Crippen LogP contribution in [0.4, 0.5) is 5.69 Å². The molecule has 0 aliphatic heterocycles. The largest absolute Gasteiger partial charge is 0.493 e.